The first-order valence-corrected chi connectivity index (χ1v) is 7.55. The van der Waals surface area contributed by atoms with Crippen LogP contribution in [0.25, 0.3) is 0 Å². The average Bonchev–Trinajstić information content (AvgIpc) is 2.45. The average molecular weight is 261 g/mol. The zero-order valence-electron chi connectivity index (χ0n) is 12.5. The molecular formula is C16H27N3. The summed E-state index contributed by atoms with van der Waals surface area (Å²) in [5.74, 6) is 0. The Labute approximate surface area is 117 Å². The van der Waals surface area contributed by atoms with Crippen LogP contribution in [0.3, 0.4) is 0 Å². The molecule has 0 saturated heterocycles. The van der Waals surface area contributed by atoms with E-state index in [0.29, 0.717) is 6.04 Å². The molecule has 1 aliphatic heterocycles. The van der Waals surface area contributed by atoms with Crippen molar-refractivity contribution in [3.05, 3.63) is 24.3 Å². The molecule has 0 amide bonds. The fourth-order valence-corrected chi connectivity index (χ4v) is 2.92. The Morgan fingerprint density at radius 2 is 1.89 bits per heavy atom. The highest BCUT2D eigenvalue weighted by molar-refractivity contribution is 5.73. The van der Waals surface area contributed by atoms with Crippen LogP contribution in [-0.4, -0.2) is 39.3 Å². The van der Waals surface area contributed by atoms with Gasteiger partial charge in [0.1, 0.15) is 0 Å². The minimum absolute atomic E-state index is 0.611. The topological polar surface area (TPSA) is 18.5 Å². The van der Waals surface area contributed by atoms with Crippen molar-refractivity contribution in [2.45, 2.75) is 32.7 Å². The molecule has 0 aromatic heterocycles. The van der Waals surface area contributed by atoms with Gasteiger partial charge in [-0.15, -0.1) is 0 Å². The molecule has 0 saturated carbocycles. The maximum absolute atomic E-state index is 3.52. The van der Waals surface area contributed by atoms with E-state index in [4.69, 9.17) is 0 Å². The molecule has 1 heterocycles. The third-order valence-corrected chi connectivity index (χ3v) is 3.97. The van der Waals surface area contributed by atoms with Crippen LogP contribution in [0.5, 0.6) is 0 Å². The summed E-state index contributed by atoms with van der Waals surface area (Å²) in [6, 6.07) is 9.40. The third-order valence-electron chi connectivity index (χ3n) is 3.97. The van der Waals surface area contributed by atoms with Crippen LogP contribution >= 0.6 is 0 Å². The predicted octanol–water partition coefficient (Wildman–Crippen LogP) is 2.72. The summed E-state index contributed by atoms with van der Waals surface area (Å²) >= 11 is 0. The van der Waals surface area contributed by atoms with Crippen LogP contribution in [-0.2, 0) is 0 Å². The lowest BCUT2D eigenvalue weighted by Gasteiger charge is -2.41. The number of nitrogens with one attached hydrogen (secondary N) is 1. The number of hydrogen-bond donors (Lipinski definition) is 1. The van der Waals surface area contributed by atoms with Crippen molar-refractivity contribution in [2.24, 2.45) is 0 Å². The Hall–Kier alpha value is -1.22. The van der Waals surface area contributed by atoms with E-state index >= 15 is 0 Å². The van der Waals surface area contributed by atoms with Crippen molar-refractivity contribution in [3.8, 4) is 0 Å². The third kappa shape index (κ3) is 3.21. The molecule has 0 radical (unpaired) electrons. The molecule has 1 aliphatic rings. The number of anilines is 2. The number of hydrogen-bond acceptors (Lipinski definition) is 3. The summed E-state index contributed by atoms with van der Waals surface area (Å²) in [6.45, 7) is 8.84. The zero-order valence-corrected chi connectivity index (χ0v) is 12.5. The summed E-state index contributed by atoms with van der Waals surface area (Å²) in [7, 11) is 2.19. The highest BCUT2D eigenvalue weighted by Gasteiger charge is 2.25. The second kappa shape index (κ2) is 6.80. The molecule has 106 valence electrons. The van der Waals surface area contributed by atoms with Crippen molar-refractivity contribution >= 4 is 11.4 Å². The van der Waals surface area contributed by atoms with Crippen LogP contribution in [0.1, 0.15) is 26.7 Å². The Balaban J connectivity index is 2.20. The van der Waals surface area contributed by atoms with Gasteiger partial charge in [-0.2, -0.15) is 0 Å². The molecule has 1 aromatic carbocycles. The number of nitrogens with zero attached hydrogens (tertiary/aromatic N) is 2. The lowest BCUT2D eigenvalue weighted by atomic mass is 10.1. The first kappa shape index (κ1) is 14.2. The summed E-state index contributed by atoms with van der Waals surface area (Å²) in [5, 5.41) is 3.52. The fraction of sp³-hybridized carbons (Fsp3) is 0.625. The largest absolute Gasteiger partial charge is 0.371 e. The highest BCUT2D eigenvalue weighted by atomic mass is 15.3. The second-order valence-electron chi connectivity index (χ2n) is 5.35. The van der Waals surface area contributed by atoms with E-state index in [1.54, 1.807) is 0 Å². The Morgan fingerprint density at radius 3 is 2.58 bits per heavy atom. The van der Waals surface area contributed by atoms with Gasteiger partial charge in [0.2, 0.25) is 0 Å². The van der Waals surface area contributed by atoms with Crippen LogP contribution < -0.4 is 15.1 Å². The minimum atomic E-state index is 0.611. The number of para-hydroxylation sites is 2. The number of likely N-dealkylation sites (N-methyl/N-ethyl adjacent to an activating group) is 2. The Bertz CT molecular complexity index is 391. The molecule has 0 aliphatic carbocycles. The normalized spacial score (nSPS) is 16.4. The number of fused-ring (bicyclic) bond motifs is 1. The molecule has 19 heavy (non-hydrogen) atoms. The van der Waals surface area contributed by atoms with Gasteiger partial charge in [-0.25, -0.2) is 0 Å². The summed E-state index contributed by atoms with van der Waals surface area (Å²) in [6.07, 6.45) is 2.50. The monoisotopic (exact) mass is 261 g/mol. The molecule has 3 heteroatoms. The van der Waals surface area contributed by atoms with Crippen molar-refractivity contribution in [1.29, 1.82) is 0 Å². The van der Waals surface area contributed by atoms with Gasteiger partial charge in [0, 0.05) is 32.7 Å². The van der Waals surface area contributed by atoms with Crippen molar-refractivity contribution in [1.82, 2.24) is 5.32 Å². The maximum Gasteiger partial charge on any atom is 0.0607 e. The minimum Gasteiger partial charge on any atom is -0.371 e. The fourth-order valence-electron chi connectivity index (χ4n) is 2.92. The SMILES string of the molecule is CCCC(CNCC)N1CCN(C)c2ccccc21. The van der Waals surface area contributed by atoms with Crippen LogP contribution in [0.15, 0.2) is 24.3 Å². The van der Waals surface area contributed by atoms with E-state index in [9.17, 15) is 0 Å². The summed E-state index contributed by atoms with van der Waals surface area (Å²) in [5.41, 5.74) is 2.76. The zero-order chi connectivity index (χ0) is 13.7. The molecule has 1 unspecified atom stereocenters. The first-order chi connectivity index (χ1) is 9.27. The molecule has 3 nitrogen and oxygen atoms in total. The molecule has 1 atom stereocenters. The number of benzene rings is 1. The molecule has 0 bridgehead atoms. The lowest BCUT2D eigenvalue weighted by Crippen LogP contribution is -2.48. The Kier molecular flexibility index (Phi) is 5.08. The van der Waals surface area contributed by atoms with Crippen LogP contribution in [0, 0.1) is 0 Å². The van der Waals surface area contributed by atoms with Crippen LogP contribution in [0.4, 0.5) is 11.4 Å². The van der Waals surface area contributed by atoms with Gasteiger partial charge >= 0.3 is 0 Å². The van der Waals surface area contributed by atoms with Gasteiger partial charge in [-0.05, 0) is 25.1 Å². The number of rotatable bonds is 6. The first-order valence-electron chi connectivity index (χ1n) is 7.55. The van der Waals surface area contributed by atoms with Crippen molar-refractivity contribution in [2.75, 3.05) is 43.0 Å². The van der Waals surface area contributed by atoms with Gasteiger partial charge in [0.15, 0.2) is 0 Å². The van der Waals surface area contributed by atoms with E-state index in [-0.39, 0.29) is 0 Å². The van der Waals surface area contributed by atoms with E-state index < -0.39 is 0 Å². The van der Waals surface area contributed by atoms with Crippen molar-refractivity contribution < 1.29 is 0 Å². The molecular weight excluding hydrogens is 234 g/mol. The molecule has 1 N–H and O–H groups in total. The maximum atomic E-state index is 3.52. The van der Waals surface area contributed by atoms with Gasteiger partial charge in [0.25, 0.3) is 0 Å². The molecule has 0 fully saturated rings. The van der Waals surface area contributed by atoms with Gasteiger partial charge in [0.05, 0.1) is 11.4 Å². The van der Waals surface area contributed by atoms with E-state index in [1.165, 1.54) is 24.2 Å². The quantitative estimate of drug-likeness (QED) is 0.849. The van der Waals surface area contributed by atoms with E-state index in [0.717, 1.165) is 26.2 Å². The van der Waals surface area contributed by atoms with Gasteiger partial charge in [-0.1, -0.05) is 32.4 Å². The molecule has 0 spiro atoms. The summed E-state index contributed by atoms with van der Waals surface area (Å²) in [4.78, 5) is 4.96. The molecule has 1 aromatic rings. The second-order valence-corrected chi connectivity index (χ2v) is 5.35. The smallest absolute Gasteiger partial charge is 0.0607 e. The van der Waals surface area contributed by atoms with Gasteiger partial charge in [-0.3, -0.25) is 0 Å². The highest BCUT2D eigenvalue weighted by Crippen LogP contribution is 2.33. The van der Waals surface area contributed by atoms with E-state index in [1.807, 2.05) is 0 Å². The van der Waals surface area contributed by atoms with Crippen LogP contribution in [0.2, 0.25) is 0 Å². The Morgan fingerprint density at radius 1 is 1.16 bits per heavy atom. The standard InChI is InChI=1S/C16H27N3/c1-4-8-14(13-17-5-2)19-12-11-18(3)15-9-6-7-10-16(15)19/h6-7,9-10,14,17H,4-5,8,11-13H2,1-3H3. The predicted molar refractivity (Wildman–Crippen MR) is 84.3 cm³/mol. The lowest BCUT2D eigenvalue weighted by molar-refractivity contribution is 0.500. The van der Waals surface area contributed by atoms with E-state index in [2.05, 4.69) is 60.3 Å². The molecule has 2 rings (SSSR count). The van der Waals surface area contributed by atoms with Gasteiger partial charge < -0.3 is 15.1 Å². The summed E-state index contributed by atoms with van der Waals surface area (Å²) < 4.78 is 0. The van der Waals surface area contributed by atoms with Crippen molar-refractivity contribution in [3.63, 3.8) is 0 Å².